The Hall–Kier alpha value is -1.89. The Bertz CT molecular complexity index is 612. The first kappa shape index (κ1) is 16.5. The van der Waals surface area contributed by atoms with E-state index in [0.29, 0.717) is 19.1 Å². The molecule has 0 aliphatic heterocycles. The van der Waals surface area contributed by atoms with Crippen molar-refractivity contribution in [1.29, 1.82) is 0 Å². The third kappa shape index (κ3) is 4.30. The minimum absolute atomic E-state index is 0.0448. The smallest absolute Gasteiger partial charge is 0.328 e. The summed E-state index contributed by atoms with van der Waals surface area (Å²) in [6, 6.07) is 0.528. The Morgan fingerprint density at radius 2 is 1.91 bits per heavy atom. The van der Waals surface area contributed by atoms with E-state index in [0.717, 1.165) is 4.57 Å². The van der Waals surface area contributed by atoms with Crippen LogP contribution in [0.25, 0.3) is 0 Å². The predicted octanol–water partition coefficient (Wildman–Crippen LogP) is 0.116. The van der Waals surface area contributed by atoms with E-state index < -0.39 is 17.2 Å². The summed E-state index contributed by atoms with van der Waals surface area (Å²) < 4.78 is 0.888. The van der Waals surface area contributed by atoms with Crippen LogP contribution in [0.5, 0.6) is 0 Å². The SMILES string of the molecule is Cn1c(=O)[nH]cc(C(=O)NCCNC2CCCCCC2)c1=O. The Labute approximate surface area is 129 Å². The molecule has 1 fully saturated rings. The fraction of sp³-hybridized carbons (Fsp3) is 0.667. The van der Waals surface area contributed by atoms with Crippen LogP contribution in [0.15, 0.2) is 15.8 Å². The van der Waals surface area contributed by atoms with Crippen molar-refractivity contribution < 1.29 is 4.79 Å². The van der Waals surface area contributed by atoms with Gasteiger partial charge in [-0.15, -0.1) is 0 Å². The van der Waals surface area contributed by atoms with E-state index in [-0.39, 0.29) is 5.56 Å². The molecule has 22 heavy (non-hydrogen) atoms. The van der Waals surface area contributed by atoms with Gasteiger partial charge in [0.05, 0.1) is 0 Å². The minimum atomic E-state index is -0.585. The second-order valence-corrected chi connectivity index (χ2v) is 5.77. The van der Waals surface area contributed by atoms with Crippen LogP contribution >= 0.6 is 0 Å². The van der Waals surface area contributed by atoms with Gasteiger partial charge in [-0.25, -0.2) is 4.79 Å². The Kier molecular flexibility index (Phi) is 5.94. The second kappa shape index (κ2) is 7.93. The number of amides is 1. The number of H-pyrrole nitrogens is 1. The van der Waals surface area contributed by atoms with Crippen molar-refractivity contribution in [1.82, 2.24) is 20.2 Å². The average molecular weight is 308 g/mol. The topological polar surface area (TPSA) is 96.0 Å². The quantitative estimate of drug-likeness (QED) is 0.531. The lowest BCUT2D eigenvalue weighted by atomic mass is 10.1. The van der Waals surface area contributed by atoms with Gasteiger partial charge in [0.25, 0.3) is 11.5 Å². The summed E-state index contributed by atoms with van der Waals surface area (Å²) in [4.78, 5) is 37.4. The molecule has 1 aromatic rings. The first-order valence-electron chi connectivity index (χ1n) is 7.90. The minimum Gasteiger partial charge on any atom is -0.351 e. The van der Waals surface area contributed by atoms with Crippen molar-refractivity contribution in [3.05, 3.63) is 32.6 Å². The zero-order valence-electron chi connectivity index (χ0n) is 13.0. The predicted molar refractivity (Wildman–Crippen MR) is 84.1 cm³/mol. The van der Waals surface area contributed by atoms with Crippen molar-refractivity contribution in [3.63, 3.8) is 0 Å². The van der Waals surface area contributed by atoms with Crippen LogP contribution in [0, 0.1) is 0 Å². The van der Waals surface area contributed by atoms with E-state index in [4.69, 9.17) is 0 Å². The molecule has 0 spiro atoms. The monoisotopic (exact) mass is 308 g/mol. The largest absolute Gasteiger partial charge is 0.351 e. The van der Waals surface area contributed by atoms with Crippen molar-refractivity contribution in [2.24, 2.45) is 7.05 Å². The number of carbonyl (C=O) groups excluding carboxylic acids is 1. The molecule has 7 heteroatoms. The molecule has 1 aliphatic carbocycles. The molecule has 122 valence electrons. The highest BCUT2D eigenvalue weighted by Gasteiger charge is 2.13. The molecule has 0 atom stereocenters. The summed E-state index contributed by atoms with van der Waals surface area (Å²) >= 11 is 0. The van der Waals surface area contributed by atoms with Crippen LogP contribution in [-0.2, 0) is 7.05 Å². The van der Waals surface area contributed by atoms with Gasteiger partial charge >= 0.3 is 5.69 Å². The molecule has 0 radical (unpaired) electrons. The Balaban J connectivity index is 1.79. The molecule has 0 saturated heterocycles. The molecule has 1 saturated carbocycles. The van der Waals surface area contributed by atoms with E-state index in [1.165, 1.54) is 51.8 Å². The molecule has 0 aromatic carbocycles. The standard InChI is InChI=1S/C15H24N4O3/c1-19-14(21)12(10-18-15(19)22)13(20)17-9-8-16-11-6-4-2-3-5-7-11/h10-11,16H,2-9H2,1H3,(H,17,20)(H,18,22). The van der Waals surface area contributed by atoms with Crippen LogP contribution < -0.4 is 21.9 Å². The lowest BCUT2D eigenvalue weighted by Crippen LogP contribution is -2.41. The molecule has 1 heterocycles. The van der Waals surface area contributed by atoms with E-state index in [1.807, 2.05) is 0 Å². The number of carbonyl (C=O) groups is 1. The van der Waals surface area contributed by atoms with Gasteiger partial charge in [0.1, 0.15) is 5.56 Å². The lowest BCUT2D eigenvalue weighted by molar-refractivity contribution is 0.0951. The van der Waals surface area contributed by atoms with Gasteiger partial charge in [0.2, 0.25) is 0 Å². The van der Waals surface area contributed by atoms with Crippen molar-refractivity contribution in [2.45, 2.75) is 44.6 Å². The molecule has 2 rings (SSSR count). The summed E-state index contributed by atoms with van der Waals surface area (Å²) in [6.45, 7) is 1.14. The molecule has 0 unspecified atom stereocenters. The maximum Gasteiger partial charge on any atom is 0.328 e. The molecular weight excluding hydrogens is 284 g/mol. The Morgan fingerprint density at radius 3 is 2.59 bits per heavy atom. The van der Waals surface area contributed by atoms with Gasteiger partial charge in [-0.3, -0.25) is 14.2 Å². The summed E-state index contributed by atoms with van der Waals surface area (Å²) in [7, 11) is 1.34. The average Bonchev–Trinajstić information content (AvgIpc) is 2.78. The van der Waals surface area contributed by atoms with Gasteiger partial charge in [0, 0.05) is 32.4 Å². The number of aromatic nitrogens is 2. The maximum atomic E-state index is 12.0. The molecular formula is C15H24N4O3. The van der Waals surface area contributed by atoms with E-state index in [9.17, 15) is 14.4 Å². The van der Waals surface area contributed by atoms with Gasteiger partial charge in [-0.1, -0.05) is 25.7 Å². The summed E-state index contributed by atoms with van der Waals surface area (Å²) in [5.41, 5.74) is -1.16. The number of rotatable bonds is 5. The van der Waals surface area contributed by atoms with Gasteiger partial charge in [-0.05, 0) is 12.8 Å². The molecule has 0 bridgehead atoms. The zero-order valence-corrected chi connectivity index (χ0v) is 13.0. The summed E-state index contributed by atoms with van der Waals surface area (Å²) in [5, 5.41) is 6.15. The number of nitrogens with zero attached hydrogens (tertiary/aromatic N) is 1. The van der Waals surface area contributed by atoms with Crippen LogP contribution in [-0.4, -0.2) is 34.6 Å². The zero-order chi connectivity index (χ0) is 15.9. The van der Waals surface area contributed by atoms with Crippen LogP contribution in [0.4, 0.5) is 0 Å². The van der Waals surface area contributed by atoms with Crippen molar-refractivity contribution >= 4 is 5.91 Å². The highest BCUT2D eigenvalue weighted by Crippen LogP contribution is 2.16. The molecule has 1 aliphatic rings. The third-order valence-electron chi connectivity index (χ3n) is 4.12. The van der Waals surface area contributed by atoms with Gasteiger partial charge in [-0.2, -0.15) is 0 Å². The molecule has 3 N–H and O–H groups in total. The molecule has 7 nitrogen and oxygen atoms in total. The lowest BCUT2D eigenvalue weighted by Gasteiger charge is -2.16. The molecule has 1 aromatic heterocycles. The highest BCUT2D eigenvalue weighted by atomic mass is 16.2. The van der Waals surface area contributed by atoms with Crippen molar-refractivity contribution in [3.8, 4) is 0 Å². The van der Waals surface area contributed by atoms with E-state index in [2.05, 4.69) is 15.6 Å². The van der Waals surface area contributed by atoms with Gasteiger partial charge < -0.3 is 15.6 Å². The van der Waals surface area contributed by atoms with E-state index >= 15 is 0 Å². The van der Waals surface area contributed by atoms with Crippen LogP contribution in [0.3, 0.4) is 0 Å². The first-order chi connectivity index (χ1) is 10.6. The Morgan fingerprint density at radius 1 is 1.23 bits per heavy atom. The number of nitrogens with one attached hydrogen (secondary N) is 3. The summed E-state index contributed by atoms with van der Waals surface area (Å²) in [6.07, 6.45) is 8.69. The fourth-order valence-corrected chi connectivity index (χ4v) is 2.76. The highest BCUT2D eigenvalue weighted by molar-refractivity contribution is 5.93. The fourth-order valence-electron chi connectivity index (χ4n) is 2.76. The normalized spacial score (nSPS) is 16.2. The first-order valence-corrected chi connectivity index (χ1v) is 7.90. The van der Waals surface area contributed by atoms with E-state index in [1.54, 1.807) is 0 Å². The maximum absolute atomic E-state index is 12.0. The number of hydrogen-bond acceptors (Lipinski definition) is 4. The third-order valence-corrected chi connectivity index (χ3v) is 4.12. The summed E-state index contributed by atoms with van der Waals surface area (Å²) in [5.74, 6) is -0.459. The second-order valence-electron chi connectivity index (χ2n) is 5.77. The van der Waals surface area contributed by atoms with Crippen molar-refractivity contribution in [2.75, 3.05) is 13.1 Å². The van der Waals surface area contributed by atoms with Crippen LogP contribution in [0.1, 0.15) is 48.9 Å². The number of aromatic amines is 1. The number of hydrogen-bond donors (Lipinski definition) is 3. The van der Waals surface area contributed by atoms with Gasteiger partial charge in [0.15, 0.2) is 0 Å². The molecule has 1 amide bonds. The van der Waals surface area contributed by atoms with Crippen LogP contribution in [0.2, 0.25) is 0 Å².